The van der Waals surface area contributed by atoms with Crippen LogP contribution in [-0.2, 0) is 0 Å². The lowest BCUT2D eigenvalue weighted by molar-refractivity contribution is 0.338. The van der Waals surface area contributed by atoms with Gasteiger partial charge in [-0.3, -0.25) is 4.99 Å². The number of halogens is 3. The zero-order valence-corrected chi connectivity index (χ0v) is 14.4. The molecule has 0 radical (unpaired) electrons. The Morgan fingerprint density at radius 2 is 2.00 bits per heavy atom. The van der Waals surface area contributed by atoms with Crippen LogP contribution in [0.4, 0.5) is 5.69 Å². The summed E-state index contributed by atoms with van der Waals surface area (Å²) < 4.78 is 6.55. The molecule has 0 heterocycles. The highest BCUT2D eigenvalue weighted by atomic mass is 127. The summed E-state index contributed by atoms with van der Waals surface area (Å²) in [5.74, 6) is 0.884. The van der Waals surface area contributed by atoms with E-state index in [9.17, 15) is 0 Å². The number of hydrogen-bond acceptors (Lipinski definition) is 2. The molecular formula is C15H12Cl2INO. The van der Waals surface area contributed by atoms with Crippen molar-refractivity contribution in [2.45, 2.75) is 6.92 Å². The fraction of sp³-hybridized carbons (Fsp3) is 0.133. The van der Waals surface area contributed by atoms with E-state index in [4.69, 9.17) is 27.9 Å². The van der Waals surface area contributed by atoms with Gasteiger partial charge >= 0.3 is 0 Å². The van der Waals surface area contributed by atoms with Gasteiger partial charge in [0.1, 0.15) is 5.75 Å². The van der Waals surface area contributed by atoms with Crippen molar-refractivity contribution in [3.05, 3.63) is 55.6 Å². The van der Waals surface area contributed by atoms with Crippen molar-refractivity contribution < 1.29 is 4.74 Å². The van der Waals surface area contributed by atoms with Crippen LogP contribution in [-0.4, -0.2) is 12.8 Å². The highest BCUT2D eigenvalue weighted by Gasteiger charge is 2.02. The van der Waals surface area contributed by atoms with Crippen LogP contribution in [0.5, 0.6) is 5.75 Å². The monoisotopic (exact) mass is 419 g/mol. The maximum absolute atomic E-state index is 6.07. The molecule has 0 unspecified atom stereocenters. The van der Waals surface area contributed by atoms with Gasteiger partial charge in [0.15, 0.2) is 0 Å². The van der Waals surface area contributed by atoms with Gasteiger partial charge in [0.2, 0.25) is 0 Å². The molecule has 0 aromatic heterocycles. The van der Waals surface area contributed by atoms with Crippen LogP contribution in [0.1, 0.15) is 12.5 Å². The molecule has 2 aromatic rings. The molecule has 0 saturated carbocycles. The number of benzene rings is 2. The molecule has 0 amide bonds. The van der Waals surface area contributed by atoms with Gasteiger partial charge in [-0.05, 0) is 71.5 Å². The highest BCUT2D eigenvalue weighted by Crippen LogP contribution is 2.28. The average molecular weight is 420 g/mol. The third-order valence-corrected chi connectivity index (χ3v) is 3.90. The Morgan fingerprint density at radius 3 is 2.65 bits per heavy atom. The summed E-state index contributed by atoms with van der Waals surface area (Å²) >= 11 is 14.2. The van der Waals surface area contributed by atoms with Crippen LogP contribution in [0.3, 0.4) is 0 Å². The van der Waals surface area contributed by atoms with Gasteiger partial charge in [-0.25, -0.2) is 0 Å². The third-order valence-electron chi connectivity index (χ3n) is 2.52. The lowest BCUT2D eigenvalue weighted by atomic mass is 10.2. The van der Waals surface area contributed by atoms with E-state index in [2.05, 4.69) is 27.6 Å². The number of nitrogens with zero attached hydrogens (tertiary/aromatic N) is 1. The van der Waals surface area contributed by atoms with Gasteiger partial charge < -0.3 is 4.74 Å². The molecular weight excluding hydrogens is 408 g/mol. The number of hydrogen-bond donors (Lipinski definition) is 0. The Hall–Kier alpha value is -0.780. The molecule has 0 fully saturated rings. The molecule has 0 aliphatic carbocycles. The predicted molar refractivity (Wildman–Crippen MR) is 94.0 cm³/mol. The van der Waals surface area contributed by atoms with Gasteiger partial charge in [0.05, 0.1) is 20.9 Å². The zero-order chi connectivity index (χ0) is 14.5. The Bertz CT molecular complexity index is 644. The summed E-state index contributed by atoms with van der Waals surface area (Å²) in [5, 5.41) is 1.14. The van der Waals surface area contributed by atoms with Crippen LogP contribution in [0.2, 0.25) is 10.0 Å². The van der Waals surface area contributed by atoms with E-state index in [0.717, 1.165) is 14.9 Å². The van der Waals surface area contributed by atoms with E-state index in [1.807, 2.05) is 25.1 Å². The first kappa shape index (κ1) is 15.6. The second kappa shape index (κ2) is 7.29. The van der Waals surface area contributed by atoms with E-state index in [1.54, 1.807) is 24.4 Å². The van der Waals surface area contributed by atoms with Gasteiger partial charge in [-0.1, -0.05) is 23.2 Å². The quantitative estimate of drug-likeness (QED) is 0.456. The van der Waals surface area contributed by atoms with E-state index < -0.39 is 0 Å². The summed E-state index contributed by atoms with van der Waals surface area (Å²) in [6.45, 7) is 2.62. The molecule has 104 valence electrons. The lowest BCUT2D eigenvalue weighted by Gasteiger charge is -2.06. The smallest absolute Gasteiger partial charge is 0.132 e. The highest BCUT2D eigenvalue weighted by molar-refractivity contribution is 14.1. The lowest BCUT2D eigenvalue weighted by Crippen LogP contribution is -1.94. The van der Waals surface area contributed by atoms with Crippen molar-refractivity contribution in [3.8, 4) is 5.75 Å². The van der Waals surface area contributed by atoms with Crippen LogP contribution in [0.15, 0.2) is 41.4 Å². The Balaban J connectivity index is 2.21. The van der Waals surface area contributed by atoms with Crippen LogP contribution in [0, 0.1) is 3.57 Å². The standard InChI is InChI=1S/C15H12Cl2INO/c1-2-20-15-6-3-10(7-13(15)18)9-19-14-5-4-11(16)8-12(14)17/h3-9H,2H2,1H3. The maximum Gasteiger partial charge on any atom is 0.132 e. The maximum atomic E-state index is 6.07. The van der Waals surface area contributed by atoms with E-state index >= 15 is 0 Å². The van der Waals surface area contributed by atoms with Crippen molar-refractivity contribution in [2.75, 3.05) is 6.61 Å². The van der Waals surface area contributed by atoms with Gasteiger partial charge in [0.25, 0.3) is 0 Å². The van der Waals surface area contributed by atoms with Crippen molar-refractivity contribution in [3.63, 3.8) is 0 Å². The largest absolute Gasteiger partial charge is 0.493 e. The molecule has 0 aliphatic rings. The molecule has 0 bridgehead atoms. The van der Waals surface area contributed by atoms with Crippen molar-refractivity contribution >= 4 is 57.7 Å². The fourth-order valence-corrected chi connectivity index (χ4v) is 2.75. The molecule has 5 heteroatoms. The summed E-state index contributed by atoms with van der Waals surface area (Å²) in [4.78, 5) is 4.37. The Labute approximate surface area is 141 Å². The third kappa shape index (κ3) is 4.11. The first-order valence-corrected chi connectivity index (χ1v) is 7.85. The molecule has 2 aromatic carbocycles. The van der Waals surface area contributed by atoms with E-state index in [-0.39, 0.29) is 0 Å². The van der Waals surface area contributed by atoms with Crippen molar-refractivity contribution in [2.24, 2.45) is 4.99 Å². The minimum absolute atomic E-state index is 0.536. The Morgan fingerprint density at radius 1 is 1.20 bits per heavy atom. The minimum atomic E-state index is 0.536. The average Bonchev–Trinajstić information content (AvgIpc) is 2.41. The molecule has 0 aliphatic heterocycles. The van der Waals surface area contributed by atoms with Crippen LogP contribution < -0.4 is 4.74 Å². The normalized spacial score (nSPS) is 11.0. The molecule has 0 spiro atoms. The molecule has 2 rings (SSSR count). The predicted octanol–water partition coefficient (Wildman–Crippen LogP) is 5.75. The second-order valence-corrected chi connectivity index (χ2v) is 5.98. The summed E-state index contributed by atoms with van der Waals surface area (Å²) in [7, 11) is 0. The van der Waals surface area contributed by atoms with E-state index in [1.165, 1.54) is 0 Å². The van der Waals surface area contributed by atoms with Gasteiger partial charge in [-0.15, -0.1) is 0 Å². The molecule has 0 atom stereocenters. The first-order chi connectivity index (χ1) is 9.60. The molecule has 0 saturated heterocycles. The number of aliphatic imine (C=N–C) groups is 1. The van der Waals surface area contributed by atoms with Gasteiger partial charge in [-0.2, -0.15) is 0 Å². The van der Waals surface area contributed by atoms with Crippen molar-refractivity contribution in [1.29, 1.82) is 0 Å². The molecule has 20 heavy (non-hydrogen) atoms. The van der Waals surface area contributed by atoms with E-state index in [0.29, 0.717) is 22.3 Å². The number of ether oxygens (including phenoxy) is 1. The summed E-state index contributed by atoms with van der Waals surface area (Å²) in [5.41, 5.74) is 1.68. The van der Waals surface area contributed by atoms with Gasteiger partial charge in [0, 0.05) is 11.2 Å². The fourth-order valence-electron chi connectivity index (χ4n) is 1.60. The molecule has 0 N–H and O–H groups in total. The van der Waals surface area contributed by atoms with Crippen LogP contribution in [0.25, 0.3) is 0 Å². The first-order valence-electron chi connectivity index (χ1n) is 6.01. The second-order valence-electron chi connectivity index (χ2n) is 3.98. The van der Waals surface area contributed by atoms with Crippen molar-refractivity contribution in [1.82, 2.24) is 0 Å². The topological polar surface area (TPSA) is 21.6 Å². The number of rotatable bonds is 4. The minimum Gasteiger partial charge on any atom is -0.493 e. The zero-order valence-electron chi connectivity index (χ0n) is 10.7. The SMILES string of the molecule is CCOc1ccc(C=Nc2ccc(Cl)cc2Cl)cc1I. The molecule has 2 nitrogen and oxygen atoms in total. The Kier molecular flexibility index (Phi) is 5.69. The van der Waals surface area contributed by atoms with Crippen LogP contribution >= 0.6 is 45.8 Å². The summed E-state index contributed by atoms with van der Waals surface area (Å²) in [6.07, 6.45) is 1.77. The summed E-state index contributed by atoms with van der Waals surface area (Å²) in [6, 6.07) is 11.1.